The fraction of sp³-hybridized carbons (Fsp3) is 0.308. The second-order valence-electron chi connectivity index (χ2n) is 4.17. The molecular formula is C13H15BrN2S. The zero-order valence-electron chi connectivity index (χ0n) is 9.90. The molecule has 0 fully saturated rings. The standard InChI is InChI=1S/C13H15BrN2S/c1-9(2)15-7-13-16-12(8-17-13)10-4-3-5-11(14)6-10/h3-6,8-9,15H,7H2,1-2H3. The predicted molar refractivity (Wildman–Crippen MR) is 77.2 cm³/mol. The van der Waals surface area contributed by atoms with Gasteiger partial charge in [-0.05, 0) is 12.1 Å². The fourth-order valence-corrected chi connectivity index (χ4v) is 2.62. The zero-order chi connectivity index (χ0) is 12.3. The van der Waals surface area contributed by atoms with E-state index in [1.807, 2.05) is 12.1 Å². The average Bonchev–Trinajstić information content (AvgIpc) is 2.75. The minimum atomic E-state index is 0.494. The van der Waals surface area contributed by atoms with Crippen LogP contribution in [-0.2, 0) is 6.54 Å². The van der Waals surface area contributed by atoms with E-state index in [-0.39, 0.29) is 0 Å². The van der Waals surface area contributed by atoms with Crippen molar-refractivity contribution in [3.8, 4) is 11.3 Å². The molecule has 0 amide bonds. The summed E-state index contributed by atoms with van der Waals surface area (Å²) in [6.07, 6.45) is 0. The average molecular weight is 311 g/mol. The molecule has 17 heavy (non-hydrogen) atoms. The van der Waals surface area contributed by atoms with E-state index in [0.717, 1.165) is 27.3 Å². The molecule has 0 unspecified atom stereocenters. The third-order valence-corrected chi connectivity index (χ3v) is 3.68. The molecule has 0 aliphatic heterocycles. The highest BCUT2D eigenvalue weighted by Crippen LogP contribution is 2.24. The minimum Gasteiger partial charge on any atom is -0.308 e. The van der Waals surface area contributed by atoms with Crippen molar-refractivity contribution in [2.45, 2.75) is 26.4 Å². The van der Waals surface area contributed by atoms with E-state index in [4.69, 9.17) is 0 Å². The van der Waals surface area contributed by atoms with Crippen molar-refractivity contribution in [3.63, 3.8) is 0 Å². The quantitative estimate of drug-likeness (QED) is 0.920. The molecule has 0 spiro atoms. The normalized spacial score (nSPS) is 11.1. The van der Waals surface area contributed by atoms with Crippen molar-refractivity contribution in [2.75, 3.05) is 0 Å². The molecule has 1 N–H and O–H groups in total. The van der Waals surface area contributed by atoms with Crippen LogP contribution in [-0.4, -0.2) is 11.0 Å². The Morgan fingerprint density at radius 2 is 2.24 bits per heavy atom. The van der Waals surface area contributed by atoms with Crippen molar-refractivity contribution in [1.29, 1.82) is 0 Å². The Bertz CT molecular complexity index is 494. The summed E-state index contributed by atoms with van der Waals surface area (Å²) in [6.45, 7) is 5.13. The Balaban J connectivity index is 2.12. The van der Waals surface area contributed by atoms with Crippen LogP contribution in [0, 0.1) is 0 Å². The van der Waals surface area contributed by atoms with Crippen LogP contribution in [0.2, 0.25) is 0 Å². The molecule has 0 bridgehead atoms. The van der Waals surface area contributed by atoms with Gasteiger partial charge in [-0.3, -0.25) is 0 Å². The summed E-state index contributed by atoms with van der Waals surface area (Å²) >= 11 is 5.18. The molecule has 1 heterocycles. The Morgan fingerprint density at radius 3 is 2.94 bits per heavy atom. The third-order valence-electron chi connectivity index (χ3n) is 2.33. The number of hydrogen-bond acceptors (Lipinski definition) is 3. The van der Waals surface area contributed by atoms with Crippen LogP contribution in [0.5, 0.6) is 0 Å². The number of nitrogens with one attached hydrogen (secondary N) is 1. The number of rotatable bonds is 4. The molecule has 2 rings (SSSR count). The zero-order valence-corrected chi connectivity index (χ0v) is 12.3. The van der Waals surface area contributed by atoms with Crippen LogP contribution in [0.3, 0.4) is 0 Å². The van der Waals surface area contributed by atoms with E-state index in [9.17, 15) is 0 Å². The Hall–Kier alpha value is -0.710. The highest BCUT2D eigenvalue weighted by Gasteiger charge is 2.05. The van der Waals surface area contributed by atoms with Crippen molar-refractivity contribution in [3.05, 3.63) is 39.1 Å². The largest absolute Gasteiger partial charge is 0.308 e. The van der Waals surface area contributed by atoms with Crippen LogP contribution in [0.1, 0.15) is 18.9 Å². The van der Waals surface area contributed by atoms with Gasteiger partial charge in [0.25, 0.3) is 0 Å². The van der Waals surface area contributed by atoms with Crippen LogP contribution in [0.25, 0.3) is 11.3 Å². The summed E-state index contributed by atoms with van der Waals surface area (Å²) in [6, 6.07) is 8.73. The van der Waals surface area contributed by atoms with Gasteiger partial charge in [-0.1, -0.05) is 41.9 Å². The molecule has 0 aliphatic rings. The number of halogens is 1. The Kier molecular flexibility index (Phi) is 4.31. The smallest absolute Gasteiger partial charge is 0.107 e. The second-order valence-corrected chi connectivity index (χ2v) is 6.03. The van der Waals surface area contributed by atoms with Crippen LogP contribution in [0.4, 0.5) is 0 Å². The van der Waals surface area contributed by atoms with E-state index in [0.29, 0.717) is 6.04 Å². The van der Waals surface area contributed by atoms with Gasteiger partial charge in [-0.15, -0.1) is 11.3 Å². The molecule has 0 aliphatic carbocycles. The van der Waals surface area contributed by atoms with Gasteiger partial charge in [0.2, 0.25) is 0 Å². The second kappa shape index (κ2) is 5.76. The monoisotopic (exact) mass is 310 g/mol. The summed E-state index contributed by atoms with van der Waals surface area (Å²) in [7, 11) is 0. The van der Waals surface area contributed by atoms with E-state index in [2.05, 4.69) is 57.6 Å². The summed E-state index contributed by atoms with van der Waals surface area (Å²) in [5.74, 6) is 0. The van der Waals surface area contributed by atoms with Gasteiger partial charge in [0.1, 0.15) is 5.01 Å². The van der Waals surface area contributed by atoms with E-state index in [1.165, 1.54) is 0 Å². The van der Waals surface area contributed by atoms with Crippen molar-refractivity contribution in [1.82, 2.24) is 10.3 Å². The molecular weight excluding hydrogens is 296 g/mol. The van der Waals surface area contributed by atoms with Crippen LogP contribution >= 0.6 is 27.3 Å². The summed E-state index contributed by atoms with van der Waals surface area (Å²) in [5, 5.41) is 6.62. The van der Waals surface area contributed by atoms with Gasteiger partial charge in [0, 0.05) is 28.0 Å². The van der Waals surface area contributed by atoms with Gasteiger partial charge < -0.3 is 5.32 Å². The molecule has 1 aromatic heterocycles. The summed E-state index contributed by atoms with van der Waals surface area (Å²) in [4.78, 5) is 4.63. The predicted octanol–water partition coefficient (Wildman–Crippen LogP) is 4.07. The lowest BCUT2D eigenvalue weighted by Gasteiger charge is -2.04. The molecule has 4 heteroatoms. The van der Waals surface area contributed by atoms with Gasteiger partial charge in [-0.2, -0.15) is 0 Å². The molecule has 2 aromatic rings. The highest BCUT2D eigenvalue weighted by molar-refractivity contribution is 9.10. The number of thiazole rings is 1. The van der Waals surface area contributed by atoms with E-state index < -0.39 is 0 Å². The summed E-state index contributed by atoms with van der Waals surface area (Å²) < 4.78 is 1.09. The van der Waals surface area contributed by atoms with Crippen molar-refractivity contribution < 1.29 is 0 Å². The molecule has 1 aromatic carbocycles. The SMILES string of the molecule is CC(C)NCc1nc(-c2cccc(Br)c2)cs1. The topological polar surface area (TPSA) is 24.9 Å². The number of nitrogens with zero attached hydrogens (tertiary/aromatic N) is 1. The molecule has 2 nitrogen and oxygen atoms in total. The molecule has 0 saturated carbocycles. The Morgan fingerprint density at radius 1 is 1.41 bits per heavy atom. The maximum absolute atomic E-state index is 4.63. The van der Waals surface area contributed by atoms with Gasteiger partial charge in [0.05, 0.1) is 5.69 Å². The number of benzene rings is 1. The first-order chi connectivity index (χ1) is 8.15. The maximum atomic E-state index is 4.63. The third kappa shape index (κ3) is 3.63. The fourth-order valence-electron chi connectivity index (χ4n) is 1.46. The van der Waals surface area contributed by atoms with E-state index >= 15 is 0 Å². The minimum absolute atomic E-state index is 0.494. The molecule has 0 radical (unpaired) electrons. The first-order valence-electron chi connectivity index (χ1n) is 5.59. The first-order valence-corrected chi connectivity index (χ1v) is 7.26. The lowest BCUT2D eigenvalue weighted by atomic mass is 10.2. The van der Waals surface area contributed by atoms with Gasteiger partial charge in [0.15, 0.2) is 0 Å². The van der Waals surface area contributed by atoms with Crippen LogP contribution < -0.4 is 5.32 Å². The number of hydrogen-bond donors (Lipinski definition) is 1. The molecule has 0 atom stereocenters. The lowest BCUT2D eigenvalue weighted by molar-refractivity contribution is 0.587. The maximum Gasteiger partial charge on any atom is 0.107 e. The summed E-state index contributed by atoms with van der Waals surface area (Å²) in [5.41, 5.74) is 2.21. The molecule has 0 saturated heterocycles. The van der Waals surface area contributed by atoms with Crippen LogP contribution in [0.15, 0.2) is 34.1 Å². The lowest BCUT2D eigenvalue weighted by Crippen LogP contribution is -2.21. The van der Waals surface area contributed by atoms with Gasteiger partial charge >= 0.3 is 0 Å². The van der Waals surface area contributed by atoms with Gasteiger partial charge in [-0.25, -0.2) is 4.98 Å². The van der Waals surface area contributed by atoms with E-state index in [1.54, 1.807) is 11.3 Å². The van der Waals surface area contributed by atoms with Crippen molar-refractivity contribution >= 4 is 27.3 Å². The number of aromatic nitrogens is 1. The molecule has 90 valence electrons. The highest BCUT2D eigenvalue weighted by atomic mass is 79.9. The van der Waals surface area contributed by atoms with Crippen molar-refractivity contribution in [2.24, 2.45) is 0 Å². The Labute approximate surface area is 114 Å². The first kappa shape index (κ1) is 12.7.